The van der Waals surface area contributed by atoms with Gasteiger partial charge in [-0.2, -0.15) is 5.26 Å². The van der Waals surface area contributed by atoms with E-state index in [9.17, 15) is 4.79 Å². The standard InChI is InChI=1S/C25H29N5O/c1-5-22(30-12-10-28(3)11-13-30)15-19-6-7-20(14-18(19)2)24-9-8-23(29(24)4)16-21(17-26)25(27)31/h5-9,14-16H,2,10-13H2,1,3-4H3,(H2,27,31)/b19-15-,21-16+,22-5?. The number of carbonyl (C=O) groups is 1. The fraction of sp³-hybridized carbons (Fsp3) is 0.280. The van der Waals surface area contributed by atoms with Gasteiger partial charge in [-0.3, -0.25) is 4.79 Å². The van der Waals surface area contributed by atoms with Crippen molar-refractivity contribution < 1.29 is 4.79 Å². The van der Waals surface area contributed by atoms with Crippen LogP contribution in [0.25, 0.3) is 30.0 Å². The number of benzene rings is 1. The zero-order valence-corrected chi connectivity index (χ0v) is 18.4. The summed E-state index contributed by atoms with van der Waals surface area (Å²) in [7, 11) is 4.05. The van der Waals surface area contributed by atoms with Gasteiger partial charge in [-0.15, -0.1) is 0 Å². The van der Waals surface area contributed by atoms with E-state index < -0.39 is 5.91 Å². The van der Waals surface area contributed by atoms with Crippen molar-refractivity contribution in [3.63, 3.8) is 0 Å². The Labute approximate surface area is 183 Å². The topological polar surface area (TPSA) is 78.3 Å². The molecule has 0 saturated carbocycles. The smallest absolute Gasteiger partial charge is 0.259 e. The normalized spacial score (nSPS) is 16.5. The summed E-state index contributed by atoms with van der Waals surface area (Å²) in [4.78, 5) is 16.1. The Kier molecular flexibility index (Phi) is 6.78. The highest BCUT2D eigenvalue weighted by Crippen LogP contribution is 2.21. The molecule has 1 aromatic carbocycles. The highest BCUT2D eigenvalue weighted by Gasteiger charge is 2.14. The number of nitriles is 1. The molecule has 1 aliphatic rings. The minimum atomic E-state index is -0.731. The largest absolute Gasteiger partial charge is 0.369 e. The first kappa shape index (κ1) is 22.1. The lowest BCUT2D eigenvalue weighted by atomic mass is 10.1. The molecule has 1 aromatic heterocycles. The summed E-state index contributed by atoms with van der Waals surface area (Å²) < 4.78 is 1.93. The maximum absolute atomic E-state index is 11.3. The van der Waals surface area contributed by atoms with Gasteiger partial charge in [-0.1, -0.05) is 24.8 Å². The zero-order valence-electron chi connectivity index (χ0n) is 18.4. The molecule has 2 aromatic rings. The maximum atomic E-state index is 11.3. The molecule has 31 heavy (non-hydrogen) atoms. The Morgan fingerprint density at radius 2 is 1.87 bits per heavy atom. The van der Waals surface area contributed by atoms with Gasteiger partial charge in [0.15, 0.2) is 0 Å². The first-order chi connectivity index (χ1) is 14.8. The van der Waals surface area contributed by atoms with Gasteiger partial charge in [-0.25, -0.2) is 0 Å². The van der Waals surface area contributed by atoms with Crippen molar-refractivity contribution in [3.05, 3.63) is 63.8 Å². The molecule has 2 heterocycles. The second-order valence-corrected chi connectivity index (χ2v) is 7.80. The summed E-state index contributed by atoms with van der Waals surface area (Å²) in [6.07, 6.45) is 5.86. The average molecular weight is 416 g/mol. The highest BCUT2D eigenvalue weighted by atomic mass is 16.1. The van der Waals surface area contributed by atoms with E-state index in [0.717, 1.165) is 53.6 Å². The highest BCUT2D eigenvalue weighted by molar-refractivity contribution is 6.00. The molecule has 0 atom stereocenters. The van der Waals surface area contributed by atoms with Crippen LogP contribution < -0.4 is 16.2 Å². The SMILES string of the molecule is C=c1cc(-c2ccc(/C=C(\C#N)C(N)=O)n2C)cc/c1=C/C(=CC)N1CCN(C)CC1. The number of primary amides is 1. The number of nitrogens with two attached hydrogens (primary N) is 1. The van der Waals surface area contributed by atoms with Gasteiger partial charge in [0.25, 0.3) is 5.91 Å². The third-order valence-corrected chi connectivity index (χ3v) is 5.75. The number of hydrogen-bond acceptors (Lipinski definition) is 4. The second-order valence-electron chi connectivity index (χ2n) is 7.80. The number of nitrogens with zero attached hydrogens (tertiary/aromatic N) is 4. The van der Waals surface area contributed by atoms with Crippen molar-refractivity contribution in [1.29, 1.82) is 5.26 Å². The summed E-state index contributed by atoms with van der Waals surface area (Å²) in [5.74, 6) is -0.731. The molecule has 1 aliphatic heterocycles. The Bertz CT molecular complexity index is 1190. The van der Waals surface area contributed by atoms with Gasteiger partial charge in [0.2, 0.25) is 0 Å². The lowest BCUT2D eigenvalue weighted by Crippen LogP contribution is -2.43. The van der Waals surface area contributed by atoms with Crippen LogP contribution in [0.15, 0.2) is 47.7 Å². The fourth-order valence-electron chi connectivity index (χ4n) is 3.76. The number of amides is 1. The van der Waals surface area contributed by atoms with Crippen molar-refractivity contribution >= 4 is 24.6 Å². The van der Waals surface area contributed by atoms with Gasteiger partial charge in [0, 0.05) is 50.3 Å². The summed E-state index contributed by atoms with van der Waals surface area (Å²) in [5.41, 5.74) is 9.11. The third-order valence-electron chi connectivity index (χ3n) is 5.75. The van der Waals surface area contributed by atoms with Crippen molar-refractivity contribution in [2.24, 2.45) is 12.8 Å². The number of rotatable bonds is 5. The molecule has 0 unspecified atom stereocenters. The number of piperazine rings is 1. The van der Waals surface area contributed by atoms with Crippen molar-refractivity contribution in [2.45, 2.75) is 6.92 Å². The molecule has 160 valence electrons. The van der Waals surface area contributed by atoms with Gasteiger partial charge >= 0.3 is 0 Å². The van der Waals surface area contributed by atoms with E-state index in [0.29, 0.717) is 0 Å². The van der Waals surface area contributed by atoms with Crippen LogP contribution in [-0.4, -0.2) is 53.5 Å². The molecule has 6 heteroatoms. The number of aromatic nitrogens is 1. The van der Waals surface area contributed by atoms with Gasteiger partial charge in [0.1, 0.15) is 11.6 Å². The third kappa shape index (κ3) is 4.96. The lowest BCUT2D eigenvalue weighted by Gasteiger charge is -2.34. The first-order valence-electron chi connectivity index (χ1n) is 10.3. The van der Waals surface area contributed by atoms with Crippen LogP contribution in [-0.2, 0) is 11.8 Å². The van der Waals surface area contributed by atoms with E-state index in [2.05, 4.69) is 60.7 Å². The molecular formula is C25H29N5O. The molecule has 1 saturated heterocycles. The molecular weight excluding hydrogens is 386 g/mol. The Morgan fingerprint density at radius 3 is 2.45 bits per heavy atom. The predicted molar refractivity (Wildman–Crippen MR) is 126 cm³/mol. The van der Waals surface area contributed by atoms with Crippen LogP contribution >= 0.6 is 0 Å². The Hall–Kier alpha value is -3.56. The van der Waals surface area contributed by atoms with Crippen LogP contribution in [0.2, 0.25) is 0 Å². The lowest BCUT2D eigenvalue weighted by molar-refractivity contribution is -0.114. The molecule has 1 fully saturated rings. The first-order valence-corrected chi connectivity index (χ1v) is 10.3. The summed E-state index contributed by atoms with van der Waals surface area (Å²) in [5, 5.41) is 11.1. The number of carbonyl (C=O) groups excluding carboxylic acids is 1. The molecule has 0 aliphatic carbocycles. The molecule has 0 spiro atoms. The van der Waals surface area contributed by atoms with Crippen LogP contribution in [0.3, 0.4) is 0 Å². The van der Waals surface area contributed by atoms with Gasteiger partial charge in [0.05, 0.1) is 0 Å². The summed E-state index contributed by atoms with van der Waals surface area (Å²) in [6, 6.07) is 11.9. The van der Waals surface area contributed by atoms with Crippen molar-refractivity contribution in [3.8, 4) is 17.3 Å². The molecule has 6 nitrogen and oxygen atoms in total. The van der Waals surface area contributed by atoms with Crippen molar-refractivity contribution in [2.75, 3.05) is 33.2 Å². The second kappa shape index (κ2) is 9.50. The van der Waals surface area contributed by atoms with E-state index in [-0.39, 0.29) is 5.57 Å². The van der Waals surface area contributed by atoms with Crippen LogP contribution in [0, 0.1) is 11.3 Å². The van der Waals surface area contributed by atoms with E-state index in [1.165, 1.54) is 11.8 Å². The predicted octanol–water partition coefficient (Wildman–Crippen LogP) is 1.43. The molecule has 1 amide bonds. The number of likely N-dealkylation sites (N-methyl/N-ethyl adjacent to an activating group) is 1. The van der Waals surface area contributed by atoms with Crippen LogP contribution in [0.1, 0.15) is 12.6 Å². The van der Waals surface area contributed by atoms with Crippen molar-refractivity contribution in [1.82, 2.24) is 14.4 Å². The zero-order chi connectivity index (χ0) is 22.5. The fourth-order valence-corrected chi connectivity index (χ4v) is 3.76. The van der Waals surface area contributed by atoms with E-state index in [4.69, 9.17) is 11.0 Å². The van der Waals surface area contributed by atoms with Crippen LogP contribution in [0.4, 0.5) is 0 Å². The Balaban J connectivity index is 1.91. The monoisotopic (exact) mass is 415 g/mol. The number of allylic oxidation sites excluding steroid dienone is 2. The van der Waals surface area contributed by atoms with E-state index >= 15 is 0 Å². The Morgan fingerprint density at radius 1 is 1.16 bits per heavy atom. The maximum Gasteiger partial charge on any atom is 0.259 e. The molecule has 2 N–H and O–H groups in total. The van der Waals surface area contributed by atoms with Gasteiger partial charge in [-0.05, 0) is 60.3 Å². The average Bonchev–Trinajstić information content (AvgIpc) is 3.11. The number of hydrogen-bond donors (Lipinski definition) is 1. The minimum Gasteiger partial charge on any atom is -0.369 e. The summed E-state index contributed by atoms with van der Waals surface area (Å²) in [6.45, 7) is 10.5. The molecule has 0 bridgehead atoms. The van der Waals surface area contributed by atoms with Gasteiger partial charge < -0.3 is 20.1 Å². The van der Waals surface area contributed by atoms with Crippen LogP contribution in [0.5, 0.6) is 0 Å². The molecule has 0 radical (unpaired) electrons. The summed E-state index contributed by atoms with van der Waals surface area (Å²) >= 11 is 0. The quantitative estimate of drug-likeness (QED) is 0.592. The molecule has 3 rings (SSSR count). The van der Waals surface area contributed by atoms with E-state index in [1.54, 1.807) is 0 Å². The minimum absolute atomic E-state index is 0.0710. The van der Waals surface area contributed by atoms with E-state index in [1.807, 2.05) is 29.8 Å².